The summed E-state index contributed by atoms with van der Waals surface area (Å²) in [5.41, 5.74) is 7.82. The molecule has 1 aromatic rings. The summed E-state index contributed by atoms with van der Waals surface area (Å²) < 4.78 is 0. The SMILES string of the molecule is N=[N+](c1ccnc(Cl)n1)N1CCCC1. The standard InChI is InChI=1S/C8H11ClN5/c9-8-11-4-3-7(12-8)14(10)13-5-1-2-6-13/h3-4,10H,1-2,5-6H2/q+1. The van der Waals surface area contributed by atoms with Gasteiger partial charge in [0, 0.05) is 6.20 Å². The van der Waals surface area contributed by atoms with E-state index in [-0.39, 0.29) is 5.28 Å². The molecule has 14 heavy (non-hydrogen) atoms. The van der Waals surface area contributed by atoms with Crippen LogP contribution in [0.15, 0.2) is 12.3 Å². The van der Waals surface area contributed by atoms with E-state index < -0.39 is 0 Å². The van der Waals surface area contributed by atoms with E-state index in [9.17, 15) is 0 Å². The summed E-state index contributed by atoms with van der Waals surface area (Å²) in [5.74, 6) is 0.520. The van der Waals surface area contributed by atoms with E-state index >= 15 is 0 Å². The topological polar surface area (TPSA) is 55.9 Å². The van der Waals surface area contributed by atoms with Crippen molar-refractivity contribution in [3.8, 4) is 0 Å². The van der Waals surface area contributed by atoms with Gasteiger partial charge < -0.3 is 0 Å². The van der Waals surface area contributed by atoms with Crippen molar-refractivity contribution in [2.24, 2.45) is 0 Å². The lowest BCUT2D eigenvalue weighted by atomic mass is 10.4. The zero-order valence-corrected chi connectivity index (χ0v) is 8.41. The fourth-order valence-corrected chi connectivity index (χ4v) is 1.63. The first kappa shape index (κ1) is 9.33. The second-order valence-electron chi connectivity index (χ2n) is 3.16. The molecule has 0 aromatic carbocycles. The predicted molar refractivity (Wildman–Crippen MR) is 50.5 cm³/mol. The highest BCUT2D eigenvalue weighted by molar-refractivity contribution is 6.28. The highest BCUT2D eigenvalue weighted by Crippen LogP contribution is 2.15. The van der Waals surface area contributed by atoms with Crippen LogP contribution in [0.5, 0.6) is 0 Å². The molecule has 1 aliphatic rings. The molecular formula is C8H11ClN5+. The van der Waals surface area contributed by atoms with E-state index in [1.807, 2.05) is 5.01 Å². The van der Waals surface area contributed by atoms with Gasteiger partial charge >= 0.3 is 11.1 Å². The van der Waals surface area contributed by atoms with E-state index in [2.05, 4.69) is 9.97 Å². The molecule has 2 heterocycles. The van der Waals surface area contributed by atoms with Crippen LogP contribution < -0.4 is 0 Å². The van der Waals surface area contributed by atoms with Crippen LogP contribution in [0.1, 0.15) is 12.8 Å². The molecule has 1 fully saturated rings. The first-order valence-electron chi connectivity index (χ1n) is 4.52. The van der Waals surface area contributed by atoms with E-state index in [4.69, 9.17) is 17.1 Å². The van der Waals surface area contributed by atoms with Crippen LogP contribution in [0.3, 0.4) is 0 Å². The number of hydrazine groups is 1. The first-order chi connectivity index (χ1) is 6.77. The fraction of sp³-hybridized carbons (Fsp3) is 0.500. The molecule has 0 aliphatic carbocycles. The Morgan fingerprint density at radius 2 is 2.14 bits per heavy atom. The number of aromatic nitrogens is 2. The summed E-state index contributed by atoms with van der Waals surface area (Å²) in [4.78, 5) is 9.04. The minimum atomic E-state index is 0.180. The maximum Gasteiger partial charge on any atom is 0.372 e. The Labute approximate surface area is 86.8 Å². The van der Waals surface area contributed by atoms with Crippen molar-refractivity contribution in [1.29, 1.82) is 5.53 Å². The van der Waals surface area contributed by atoms with Gasteiger partial charge in [-0.2, -0.15) is 0 Å². The Morgan fingerprint density at radius 3 is 2.79 bits per heavy atom. The average Bonchev–Trinajstić information content (AvgIpc) is 2.69. The summed E-state index contributed by atoms with van der Waals surface area (Å²) in [6.45, 7) is 1.82. The number of hydrogen-bond acceptors (Lipinski definition) is 3. The molecule has 1 aliphatic heterocycles. The first-order valence-corrected chi connectivity index (χ1v) is 4.90. The van der Waals surface area contributed by atoms with Gasteiger partial charge in [0.2, 0.25) is 0 Å². The molecule has 5 nitrogen and oxygen atoms in total. The molecule has 0 radical (unpaired) electrons. The molecule has 2 rings (SSSR count). The molecule has 1 saturated heterocycles. The maximum absolute atomic E-state index is 7.82. The molecule has 0 bridgehead atoms. The summed E-state index contributed by atoms with van der Waals surface area (Å²) in [6, 6.07) is 1.68. The molecule has 1 aromatic heterocycles. The lowest BCUT2D eigenvalue weighted by Gasteiger charge is -2.11. The zero-order chi connectivity index (χ0) is 9.97. The van der Waals surface area contributed by atoms with Crippen LogP contribution in [0, 0.1) is 5.53 Å². The maximum atomic E-state index is 7.82. The summed E-state index contributed by atoms with van der Waals surface area (Å²) >= 11 is 5.64. The van der Waals surface area contributed by atoms with Crippen LogP contribution in [0.2, 0.25) is 5.28 Å². The summed E-state index contributed by atoms with van der Waals surface area (Å²) in [7, 11) is 0. The van der Waals surface area contributed by atoms with Crippen molar-refractivity contribution in [3.63, 3.8) is 0 Å². The van der Waals surface area contributed by atoms with Crippen molar-refractivity contribution in [3.05, 3.63) is 17.5 Å². The van der Waals surface area contributed by atoms with Gasteiger partial charge in [0.25, 0.3) is 0 Å². The van der Waals surface area contributed by atoms with Gasteiger partial charge in [-0.05, 0) is 34.2 Å². The van der Waals surface area contributed by atoms with Crippen molar-refractivity contribution in [2.45, 2.75) is 12.8 Å². The molecule has 6 heteroatoms. The molecule has 0 spiro atoms. The minimum Gasteiger partial charge on any atom is -0.223 e. The second-order valence-corrected chi connectivity index (χ2v) is 3.49. The second kappa shape index (κ2) is 3.88. The fourth-order valence-electron chi connectivity index (χ4n) is 1.49. The summed E-state index contributed by atoms with van der Waals surface area (Å²) in [5, 5.41) is 2.11. The Balaban J connectivity index is 2.17. The zero-order valence-electron chi connectivity index (χ0n) is 7.65. The Hall–Kier alpha value is -1.23. The van der Waals surface area contributed by atoms with E-state index in [0.29, 0.717) is 5.82 Å². The number of nitrogens with one attached hydrogen (secondary N) is 1. The highest BCUT2D eigenvalue weighted by atomic mass is 35.5. The molecule has 0 saturated carbocycles. The van der Waals surface area contributed by atoms with Crippen molar-refractivity contribution >= 4 is 17.4 Å². The smallest absolute Gasteiger partial charge is 0.223 e. The molecular weight excluding hydrogens is 202 g/mol. The Morgan fingerprint density at radius 1 is 1.43 bits per heavy atom. The minimum absolute atomic E-state index is 0.180. The van der Waals surface area contributed by atoms with Gasteiger partial charge in [-0.1, -0.05) is 0 Å². The number of nitrogens with zero attached hydrogens (tertiary/aromatic N) is 4. The number of hydrogen-bond donors (Lipinski definition) is 1. The molecule has 1 N–H and O–H groups in total. The molecule has 0 amide bonds. The van der Waals surface area contributed by atoms with Crippen LogP contribution in [0.4, 0.5) is 5.82 Å². The molecule has 0 atom stereocenters. The highest BCUT2D eigenvalue weighted by Gasteiger charge is 2.22. The number of halogens is 1. The van der Waals surface area contributed by atoms with E-state index in [0.717, 1.165) is 25.9 Å². The van der Waals surface area contributed by atoms with Crippen LogP contribution in [-0.4, -0.2) is 32.9 Å². The Bertz CT molecular complexity index is 347. The third-order valence-corrected chi connectivity index (χ3v) is 2.38. The lowest BCUT2D eigenvalue weighted by Crippen LogP contribution is -2.27. The van der Waals surface area contributed by atoms with Gasteiger partial charge in [-0.25, -0.2) is 9.99 Å². The summed E-state index contributed by atoms with van der Waals surface area (Å²) in [6.07, 6.45) is 3.82. The Kier molecular flexibility index (Phi) is 2.58. The van der Waals surface area contributed by atoms with E-state index in [1.165, 1.54) is 4.81 Å². The number of rotatable bonds is 2. The van der Waals surface area contributed by atoms with Gasteiger partial charge in [0.15, 0.2) is 0 Å². The van der Waals surface area contributed by atoms with Crippen LogP contribution in [-0.2, 0) is 0 Å². The van der Waals surface area contributed by atoms with Crippen molar-refractivity contribution in [2.75, 3.05) is 13.1 Å². The average molecular weight is 213 g/mol. The van der Waals surface area contributed by atoms with Crippen molar-refractivity contribution in [1.82, 2.24) is 15.0 Å². The van der Waals surface area contributed by atoms with Crippen LogP contribution >= 0.6 is 11.6 Å². The lowest BCUT2D eigenvalue weighted by molar-refractivity contribution is -0.696. The van der Waals surface area contributed by atoms with Gasteiger partial charge in [0.1, 0.15) is 0 Å². The van der Waals surface area contributed by atoms with Crippen molar-refractivity contribution < 1.29 is 4.81 Å². The third kappa shape index (κ3) is 1.82. The van der Waals surface area contributed by atoms with E-state index in [1.54, 1.807) is 12.3 Å². The molecule has 74 valence electrons. The quantitative estimate of drug-likeness (QED) is 0.462. The normalized spacial score (nSPS) is 15.9. The van der Waals surface area contributed by atoms with Gasteiger partial charge in [-0.3, -0.25) is 0 Å². The monoisotopic (exact) mass is 212 g/mol. The predicted octanol–water partition coefficient (Wildman–Crippen LogP) is 1.82. The molecule has 0 unspecified atom stereocenters. The van der Waals surface area contributed by atoms with Gasteiger partial charge in [0.05, 0.1) is 19.2 Å². The van der Waals surface area contributed by atoms with Gasteiger partial charge in [-0.15, -0.1) is 5.53 Å². The third-order valence-electron chi connectivity index (χ3n) is 2.19. The van der Waals surface area contributed by atoms with Crippen LogP contribution in [0.25, 0.3) is 0 Å². The largest absolute Gasteiger partial charge is 0.372 e.